The maximum Gasteiger partial charge on any atom is 0.255 e. The first-order valence-corrected chi connectivity index (χ1v) is 11.9. The Bertz CT molecular complexity index is 1330. The first-order chi connectivity index (χ1) is 16.4. The zero-order chi connectivity index (χ0) is 24.2. The lowest BCUT2D eigenvalue weighted by molar-refractivity contribution is 0.102. The van der Waals surface area contributed by atoms with Crippen LogP contribution in [0.1, 0.15) is 34.5 Å². The number of hydrogen-bond acceptors (Lipinski definition) is 7. The summed E-state index contributed by atoms with van der Waals surface area (Å²) in [5, 5.41) is 3.69. The van der Waals surface area contributed by atoms with E-state index >= 15 is 0 Å². The predicted molar refractivity (Wildman–Crippen MR) is 134 cm³/mol. The van der Waals surface area contributed by atoms with Gasteiger partial charge in [0.15, 0.2) is 16.7 Å². The third kappa shape index (κ3) is 4.99. The Kier molecular flexibility index (Phi) is 7.02. The van der Waals surface area contributed by atoms with Gasteiger partial charge in [-0.25, -0.2) is 15.0 Å². The molecule has 1 N–H and O–H groups in total. The fourth-order valence-electron chi connectivity index (χ4n) is 3.79. The van der Waals surface area contributed by atoms with Gasteiger partial charge in [-0.05, 0) is 63.2 Å². The van der Waals surface area contributed by atoms with Gasteiger partial charge in [0.2, 0.25) is 0 Å². The SMILES string of the molecule is CCn1c(CSc2nc(C)cc(C)n2)nc2cc(NC(=O)c3ccc(OC)c(OC)c3)ccc21. The Morgan fingerprint density at radius 1 is 0.971 bits per heavy atom. The molecule has 2 aromatic heterocycles. The highest BCUT2D eigenvalue weighted by Gasteiger charge is 2.14. The zero-order valence-corrected chi connectivity index (χ0v) is 20.7. The molecule has 8 nitrogen and oxygen atoms in total. The average Bonchev–Trinajstić information content (AvgIpc) is 3.18. The lowest BCUT2D eigenvalue weighted by atomic mass is 10.1. The number of imidazole rings is 1. The minimum Gasteiger partial charge on any atom is -0.493 e. The average molecular weight is 478 g/mol. The van der Waals surface area contributed by atoms with Crippen molar-refractivity contribution in [3.63, 3.8) is 0 Å². The molecule has 34 heavy (non-hydrogen) atoms. The van der Waals surface area contributed by atoms with Gasteiger partial charge in [-0.2, -0.15) is 0 Å². The van der Waals surface area contributed by atoms with Crippen molar-refractivity contribution in [2.75, 3.05) is 19.5 Å². The maximum atomic E-state index is 12.8. The largest absolute Gasteiger partial charge is 0.493 e. The molecule has 0 aliphatic carbocycles. The number of rotatable bonds is 8. The van der Waals surface area contributed by atoms with E-state index in [2.05, 4.69) is 26.8 Å². The normalized spacial score (nSPS) is 11.0. The third-order valence-electron chi connectivity index (χ3n) is 5.34. The van der Waals surface area contributed by atoms with E-state index < -0.39 is 0 Å². The van der Waals surface area contributed by atoms with Crippen LogP contribution in [0.3, 0.4) is 0 Å². The minimum atomic E-state index is -0.238. The molecule has 0 spiro atoms. The molecular formula is C25H27N5O3S. The number of anilines is 1. The second-order valence-corrected chi connectivity index (χ2v) is 8.66. The van der Waals surface area contributed by atoms with E-state index in [1.807, 2.05) is 38.1 Å². The van der Waals surface area contributed by atoms with Gasteiger partial charge in [-0.3, -0.25) is 4.79 Å². The van der Waals surface area contributed by atoms with Crippen LogP contribution in [0, 0.1) is 13.8 Å². The van der Waals surface area contributed by atoms with Crippen LogP contribution in [0.4, 0.5) is 5.69 Å². The summed E-state index contributed by atoms with van der Waals surface area (Å²) >= 11 is 1.57. The van der Waals surface area contributed by atoms with Gasteiger partial charge in [0.05, 0.1) is 31.0 Å². The van der Waals surface area contributed by atoms with Crippen molar-refractivity contribution in [2.24, 2.45) is 0 Å². The summed E-state index contributed by atoms with van der Waals surface area (Å²) < 4.78 is 12.7. The smallest absolute Gasteiger partial charge is 0.255 e. The van der Waals surface area contributed by atoms with E-state index in [0.29, 0.717) is 28.5 Å². The molecule has 0 aliphatic heterocycles. The van der Waals surface area contributed by atoms with Crippen molar-refractivity contribution in [1.82, 2.24) is 19.5 Å². The maximum absolute atomic E-state index is 12.8. The highest BCUT2D eigenvalue weighted by atomic mass is 32.2. The van der Waals surface area contributed by atoms with Crippen molar-refractivity contribution in [2.45, 2.75) is 38.2 Å². The quantitative estimate of drug-likeness (QED) is 0.281. The van der Waals surface area contributed by atoms with Gasteiger partial charge in [0.25, 0.3) is 5.91 Å². The lowest BCUT2D eigenvalue weighted by Crippen LogP contribution is -2.12. The number of ether oxygens (including phenoxy) is 2. The predicted octanol–water partition coefficient (Wildman–Crippen LogP) is 5.02. The van der Waals surface area contributed by atoms with Gasteiger partial charge >= 0.3 is 0 Å². The third-order valence-corrected chi connectivity index (χ3v) is 6.18. The topological polar surface area (TPSA) is 91.2 Å². The molecule has 0 bridgehead atoms. The molecule has 0 aliphatic rings. The second kappa shape index (κ2) is 10.1. The second-order valence-electron chi connectivity index (χ2n) is 7.72. The van der Waals surface area contributed by atoms with Crippen LogP contribution in [-0.2, 0) is 12.3 Å². The Morgan fingerprint density at radius 2 is 1.71 bits per heavy atom. The van der Waals surface area contributed by atoms with E-state index in [0.717, 1.165) is 39.9 Å². The Hall–Kier alpha value is -3.59. The highest BCUT2D eigenvalue weighted by molar-refractivity contribution is 7.98. The van der Waals surface area contributed by atoms with Crippen LogP contribution in [0.5, 0.6) is 11.5 Å². The van der Waals surface area contributed by atoms with Crippen LogP contribution >= 0.6 is 11.8 Å². The van der Waals surface area contributed by atoms with Crippen molar-refractivity contribution in [3.05, 3.63) is 65.2 Å². The van der Waals surface area contributed by atoms with Crippen molar-refractivity contribution < 1.29 is 14.3 Å². The molecule has 0 fully saturated rings. The van der Waals surface area contributed by atoms with Gasteiger partial charge in [-0.15, -0.1) is 0 Å². The molecule has 0 unspecified atom stereocenters. The number of benzene rings is 2. The number of carbonyl (C=O) groups excluding carboxylic acids is 1. The summed E-state index contributed by atoms with van der Waals surface area (Å²) in [4.78, 5) is 26.7. The van der Waals surface area contributed by atoms with Crippen LogP contribution in [-0.4, -0.2) is 39.6 Å². The summed E-state index contributed by atoms with van der Waals surface area (Å²) in [6, 6.07) is 12.8. The molecule has 0 radical (unpaired) electrons. The number of methoxy groups -OCH3 is 2. The molecule has 176 valence electrons. The number of nitrogens with one attached hydrogen (secondary N) is 1. The fraction of sp³-hybridized carbons (Fsp3) is 0.280. The Morgan fingerprint density at radius 3 is 2.38 bits per heavy atom. The number of aryl methyl sites for hydroxylation is 3. The lowest BCUT2D eigenvalue weighted by Gasteiger charge is -2.10. The van der Waals surface area contributed by atoms with Crippen LogP contribution in [0.25, 0.3) is 11.0 Å². The Labute approximate surface area is 202 Å². The molecule has 4 rings (SSSR count). The number of fused-ring (bicyclic) bond motifs is 1. The summed E-state index contributed by atoms with van der Waals surface area (Å²) in [6.45, 7) is 6.82. The standard InChI is InChI=1S/C25H27N5O3S/c1-6-30-20-9-8-18(28-24(31)17-7-10-21(32-4)22(12-17)33-5)13-19(20)29-23(30)14-34-25-26-15(2)11-16(3)27-25/h7-13H,6,14H2,1-5H3,(H,28,31). The van der Waals surface area contributed by atoms with Gasteiger partial charge in [-0.1, -0.05) is 11.8 Å². The summed E-state index contributed by atoms with van der Waals surface area (Å²) in [5.74, 6) is 2.43. The molecule has 1 amide bonds. The van der Waals surface area contributed by atoms with E-state index in [1.54, 1.807) is 44.2 Å². The van der Waals surface area contributed by atoms with Gasteiger partial charge in [0.1, 0.15) is 5.82 Å². The number of aromatic nitrogens is 4. The molecule has 2 heterocycles. The van der Waals surface area contributed by atoms with E-state index in [1.165, 1.54) is 0 Å². The summed E-state index contributed by atoms with van der Waals surface area (Å²) in [7, 11) is 3.10. The molecule has 4 aromatic rings. The number of amides is 1. The number of thioether (sulfide) groups is 1. The van der Waals surface area contributed by atoms with Crippen LogP contribution < -0.4 is 14.8 Å². The summed E-state index contributed by atoms with van der Waals surface area (Å²) in [6.07, 6.45) is 0. The zero-order valence-electron chi connectivity index (χ0n) is 19.9. The molecule has 0 saturated carbocycles. The van der Waals surface area contributed by atoms with Crippen molar-refractivity contribution in [3.8, 4) is 11.5 Å². The van der Waals surface area contributed by atoms with Crippen LogP contribution in [0.2, 0.25) is 0 Å². The van der Waals surface area contributed by atoms with Crippen molar-refractivity contribution >= 4 is 34.4 Å². The fourth-order valence-corrected chi connectivity index (χ4v) is 4.68. The first kappa shape index (κ1) is 23.6. The van der Waals surface area contributed by atoms with E-state index in [-0.39, 0.29) is 5.91 Å². The molecule has 9 heteroatoms. The summed E-state index contributed by atoms with van der Waals surface area (Å²) in [5.41, 5.74) is 4.89. The van der Waals surface area contributed by atoms with Gasteiger partial charge in [0, 0.05) is 29.2 Å². The van der Waals surface area contributed by atoms with Crippen LogP contribution in [0.15, 0.2) is 47.6 Å². The van der Waals surface area contributed by atoms with Crippen molar-refractivity contribution in [1.29, 1.82) is 0 Å². The number of nitrogens with zero attached hydrogens (tertiary/aromatic N) is 4. The monoisotopic (exact) mass is 477 g/mol. The first-order valence-electron chi connectivity index (χ1n) is 10.9. The molecule has 0 saturated heterocycles. The Balaban J connectivity index is 1.55. The van der Waals surface area contributed by atoms with Gasteiger partial charge < -0.3 is 19.4 Å². The number of carbonyl (C=O) groups is 1. The molecule has 2 aromatic carbocycles. The highest BCUT2D eigenvalue weighted by Crippen LogP contribution is 2.29. The minimum absolute atomic E-state index is 0.238. The van der Waals surface area contributed by atoms with E-state index in [4.69, 9.17) is 14.5 Å². The molecule has 0 atom stereocenters. The molecular weight excluding hydrogens is 450 g/mol. The van der Waals surface area contributed by atoms with E-state index in [9.17, 15) is 4.79 Å². The number of hydrogen-bond donors (Lipinski definition) is 1.